The van der Waals surface area contributed by atoms with Gasteiger partial charge in [0.05, 0.1) is 0 Å². The topological polar surface area (TPSA) is 9.23 Å². The Balaban J connectivity index is -0.0000000842. The molecule has 1 fully saturated rings. The first kappa shape index (κ1) is 30.1. The molecule has 1 aliphatic rings. The zero-order valence-electron chi connectivity index (χ0n) is 16.6. The Labute approximate surface area is 206 Å². The quantitative estimate of drug-likeness (QED) is 0.466. The van der Waals surface area contributed by atoms with Crippen molar-refractivity contribution in [3.05, 3.63) is 83.4 Å². The molecule has 0 amide bonds. The molecule has 5 heteroatoms. The summed E-state index contributed by atoms with van der Waals surface area (Å²) in [6, 6.07) is 18.6. The molecule has 0 radical (unpaired) electrons. The van der Waals surface area contributed by atoms with Crippen molar-refractivity contribution in [2.75, 3.05) is 13.2 Å². The predicted molar refractivity (Wildman–Crippen MR) is 113 cm³/mol. The van der Waals surface area contributed by atoms with Crippen molar-refractivity contribution in [2.45, 2.75) is 12.8 Å². The molecule has 0 saturated carbocycles. The van der Waals surface area contributed by atoms with E-state index >= 15 is 0 Å². The Hall–Kier alpha value is 0.372. The minimum atomic E-state index is 0. The van der Waals surface area contributed by atoms with Gasteiger partial charge in [-0.15, -0.1) is 12.1 Å². The molecule has 0 unspecified atom stereocenters. The van der Waals surface area contributed by atoms with Crippen LogP contribution in [0.3, 0.4) is 0 Å². The van der Waals surface area contributed by atoms with E-state index in [4.69, 9.17) is 4.74 Å². The fourth-order valence-corrected chi connectivity index (χ4v) is 1.91. The Bertz CT molecular complexity index is 544. The van der Waals surface area contributed by atoms with E-state index in [-0.39, 0.29) is 65.9 Å². The van der Waals surface area contributed by atoms with E-state index in [1.807, 2.05) is 60.7 Å². The van der Waals surface area contributed by atoms with E-state index in [0.717, 1.165) is 28.8 Å². The fraction of sp³-hybridized carbons (Fsp3) is 0.200. The summed E-state index contributed by atoms with van der Waals surface area (Å²) in [7, 11) is 0. The maximum absolute atomic E-state index is 4.94. The van der Waals surface area contributed by atoms with Crippen LogP contribution in [0.15, 0.2) is 66.2 Å². The molecule has 2 aromatic carbocycles. The molecule has 25 heavy (non-hydrogen) atoms. The monoisotopic (exact) mass is 486 g/mol. The van der Waals surface area contributed by atoms with Gasteiger partial charge >= 0.3 is 46.1 Å². The zero-order chi connectivity index (χ0) is 16.0. The van der Waals surface area contributed by atoms with Gasteiger partial charge in [0.2, 0.25) is 0 Å². The molecule has 0 aliphatic carbocycles. The van der Waals surface area contributed by atoms with Crippen molar-refractivity contribution in [3.8, 4) is 0 Å². The molecule has 1 aliphatic heterocycles. The van der Waals surface area contributed by atoms with Crippen LogP contribution in [0, 0.1) is 6.07 Å². The van der Waals surface area contributed by atoms with Gasteiger partial charge in [0.1, 0.15) is 0 Å². The van der Waals surface area contributed by atoms with E-state index in [2.05, 4.69) is 35.2 Å². The first-order valence-electron chi connectivity index (χ1n) is 7.30. The molecular weight excluding hydrogens is 465 g/mol. The number of hydrogen-bond donors (Lipinski definition) is 0. The fourth-order valence-electron chi connectivity index (χ4n) is 1.65. The Morgan fingerprint density at radius 1 is 0.880 bits per heavy atom. The van der Waals surface area contributed by atoms with Gasteiger partial charge in [0.25, 0.3) is 0 Å². The predicted octanol–water partition coefficient (Wildman–Crippen LogP) is 2.49. The van der Waals surface area contributed by atoms with E-state index in [0.29, 0.717) is 0 Å². The van der Waals surface area contributed by atoms with E-state index < -0.39 is 0 Å². The maximum Gasteiger partial charge on any atom is 2.00 e. The number of benzene rings is 2. The van der Waals surface area contributed by atoms with Crippen LogP contribution in [0.4, 0.5) is 0 Å². The summed E-state index contributed by atoms with van der Waals surface area (Å²) in [6.45, 7) is 9.26. The number of hydrogen-bond acceptors (Lipinski definition) is 1. The molecule has 3 rings (SSSR count). The molecule has 0 bridgehead atoms. The van der Waals surface area contributed by atoms with Crippen molar-refractivity contribution in [1.82, 2.24) is 0 Å². The number of halogens is 2. The standard InChI is InChI=1S/C8H7Br.C8H7.C4H8O.BrH.2Mg.2H/c1-2-7-3-5-8(9)6-4-7;1-2-8-6-4-3-5-7-8;1-2-4-5-3-1;;;;;/h2-6H,1H2;2,4-7H,1H2;1-4H2;1H;;;;/q;-1;;;2*+2;2*-1/p-1. The molecule has 0 N–H and O–H groups in total. The number of ether oxygens (including phenoxy) is 1. The largest absolute Gasteiger partial charge is 2.00 e. The van der Waals surface area contributed by atoms with Crippen LogP contribution in [0.25, 0.3) is 12.2 Å². The number of rotatable bonds is 2. The minimum Gasteiger partial charge on any atom is -1.00 e. The Morgan fingerprint density at radius 3 is 1.64 bits per heavy atom. The van der Waals surface area contributed by atoms with Crippen molar-refractivity contribution in [1.29, 1.82) is 0 Å². The smallest absolute Gasteiger partial charge is 1.00 e. The van der Waals surface area contributed by atoms with Gasteiger partial charge in [-0.3, -0.25) is 0 Å². The first-order valence-corrected chi connectivity index (χ1v) is 8.10. The third kappa shape index (κ3) is 16.3. The summed E-state index contributed by atoms with van der Waals surface area (Å²) >= 11 is 3.34. The van der Waals surface area contributed by atoms with Crippen LogP contribution in [-0.4, -0.2) is 59.3 Å². The van der Waals surface area contributed by atoms with Crippen LogP contribution in [0.2, 0.25) is 0 Å². The normalized spacial score (nSPS) is 10.8. The van der Waals surface area contributed by atoms with Crippen LogP contribution < -0.4 is 17.0 Å². The van der Waals surface area contributed by atoms with Crippen molar-refractivity contribution < 1.29 is 24.6 Å². The summed E-state index contributed by atoms with van der Waals surface area (Å²) < 4.78 is 6.05. The molecule has 0 spiro atoms. The second-order valence-electron chi connectivity index (χ2n) is 4.61. The van der Waals surface area contributed by atoms with Gasteiger partial charge in [-0.05, 0) is 30.5 Å². The van der Waals surface area contributed by atoms with Gasteiger partial charge < -0.3 is 24.6 Å². The molecule has 0 atom stereocenters. The summed E-state index contributed by atoms with van der Waals surface area (Å²) in [5.74, 6) is 0. The molecular formula is C20H24Br2Mg2O. The molecule has 2 aromatic rings. The molecule has 0 aromatic heterocycles. The molecule has 128 valence electrons. The van der Waals surface area contributed by atoms with Crippen molar-refractivity contribution in [2.24, 2.45) is 0 Å². The van der Waals surface area contributed by atoms with Crippen LogP contribution in [0.1, 0.15) is 26.8 Å². The summed E-state index contributed by atoms with van der Waals surface area (Å²) in [4.78, 5) is 0. The van der Waals surface area contributed by atoms with Crippen LogP contribution >= 0.6 is 15.9 Å². The Kier molecular flexibility index (Phi) is 24.9. The average molecular weight is 489 g/mol. The SMILES string of the molecule is C1CCOC1.C=Cc1cc[c-]cc1.C=Cc1ccc(Br)cc1.[Br-].[H-].[H-].[Mg+2].[Mg+2]. The van der Waals surface area contributed by atoms with Gasteiger partial charge in [-0.2, -0.15) is 30.3 Å². The van der Waals surface area contributed by atoms with E-state index in [9.17, 15) is 0 Å². The summed E-state index contributed by atoms with van der Waals surface area (Å²) in [5, 5.41) is 0. The Morgan fingerprint density at radius 2 is 1.32 bits per heavy atom. The third-order valence-electron chi connectivity index (χ3n) is 2.91. The van der Waals surface area contributed by atoms with Crippen molar-refractivity contribution in [3.63, 3.8) is 0 Å². The van der Waals surface area contributed by atoms with E-state index in [1.165, 1.54) is 12.8 Å². The van der Waals surface area contributed by atoms with Gasteiger partial charge in [0.15, 0.2) is 0 Å². The average Bonchev–Trinajstić information content (AvgIpc) is 3.17. The third-order valence-corrected chi connectivity index (χ3v) is 3.44. The maximum atomic E-state index is 4.94. The van der Waals surface area contributed by atoms with Crippen molar-refractivity contribution >= 4 is 74.2 Å². The van der Waals surface area contributed by atoms with Gasteiger partial charge in [-0.25, -0.2) is 0 Å². The summed E-state index contributed by atoms with van der Waals surface area (Å²) in [5.41, 5.74) is 2.29. The van der Waals surface area contributed by atoms with Gasteiger partial charge in [0, 0.05) is 17.7 Å². The zero-order valence-corrected chi connectivity index (χ0v) is 20.6. The minimum absolute atomic E-state index is 0. The second-order valence-corrected chi connectivity index (χ2v) is 5.53. The molecule has 1 heterocycles. The molecule has 1 saturated heterocycles. The van der Waals surface area contributed by atoms with Gasteiger partial charge in [-0.1, -0.05) is 46.8 Å². The van der Waals surface area contributed by atoms with E-state index in [1.54, 1.807) is 0 Å². The first-order chi connectivity index (χ1) is 10.8. The summed E-state index contributed by atoms with van der Waals surface area (Å²) in [6.07, 6.45) is 6.19. The molecule has 1 nitrogen and oxygen atoms in total. The van der Waals surface area contributed by atoms with Crippen LogP contribution in [0.5, 0.6) is 0 Å². The van der Waals surface area contributed by atoms with Crippen LogP contribution in [-0.2, 0) is 4.74 Å². The second kappa shape index (κ2) is 20.7.